The lowest BCUT2D eigenvalue weighted by molar-refractivity contribution is 0.0655. The Balaban J connectivity index is 1.96. The van der Waals surface area contributed by atoms with Gasteiger partial charge in [0.1, 0.15) is 0 Å². The molecule has 1 fully saturated rings. The molecule has 0 saturated carbocycles. The van der Waals surface area contributed by atoms with Crippen LogP contribution in [-0.4, -0.2) is 46.0 Å². The number of aromatic nitrogens is 2. The summed E-state index contributed by atoms with van der Waals surface area (Å²) in [5.41, 5.74) is 2.81. The first-order valence-electron chi connectivity index (χ1n) is 7.20. The van der Waals surface area contributed by atoms with Crippen LogP contribution in [0.5, 0.6) is 0 Å². The molecule has 1 unspecified atom stereocenters. The van der Waals surface area contributed by atoms with Gasteiger partial charge in [0.15, 0.2) is 5.13 Å². The van der Waals surface area contributed by atoms with Crippen LogP contribution >= 0.6 is 11.3 Å². The number of amides is 1. The summed E-state index contributed by atoms with van der Waals surface area (Å²) in [7, 11) is 0. The Morgan fingerprint density at radius 2 is 2.29 bits per heavy atom. The average Bonchev–Trinajstić information content (AvgIpc) is 3.07. The zero-order valence-electron chi connectivity index (χ0n) is 12.6. The highest BCUT2D eigenvalue weighted by atomic mass is 32.1. The molecule has 0 aliphatic carbocycles. The number of aryl methyl sites for hydroxylation is 1. The van der Waals surface area contributed by atoms with E-state index in [1.54, 1.807) is 17.5 Å². The Kier molecular flexibility index (Phi) is 3.82. The fraction of sp³-hybridized carbons (Fsp3) is 0.467. The summed E-state index contributed by atoms with van der Waals surface area (Å²) in [4.78, 5) is 19.2. The van der Waals surface area contributed by atoms with Crippen LogP contribution in [0.25, 0.3) is 5.13 Å². The molecule has 21 heavy (non-hydrogen) atoms. The minimum Gasteiger partial charge on any atom is -0.333 e. The van der Waals surface area contributed by atoms with Crippen molar-refractivity contribution in [3.05, 3.63) is 34.6 Å². The normalized spacial score (nSPS) is 19.0. The summed E-state index contributed by atoms with van der Waals surface area (Å²) in [6, 6.07) is 2.21. The van der Waals surface area contributed by atoms with Gasteiger partial charge in [-0.05, 0) is 26.8 Å². The maximum atomic E-state index is 12.8. The van der Waals surface area contributed by atoms with Crippen molar-refractivity contribution in [1.29, 1.82) is 0 Å². The van der Waals surface area contributed by atoms with Gasteiger partial charge in [-0.15, -0.1) is 11.3 Å². The Morgan fingerprint density at radius 3 is 2.95 bits per heavy atom. The molecule has 5 nitrogen and oxygen atoms in total. The number of carbonyl (C=O) groups excluding carboxylic acids is 1. The van der Waals surface area contributed by atoms with Crippen LogP contribution < -0.4 is 5.32 Å². The van der Waals surface area contributed by atoms with Gasteiger partial charge in [-0.2, -0.15) is 0 Å². The van der Waals surface area contributed by atoms with E-state index in [1.165, 1.54) is 0 Å². The zero-order chi connectivity index (χ0) is 15.0. The van der Waals surface area contributed by atoms with E-state index in [4.69, 9.17) is 0 Å². The summed E-state index contributed by atoms with van der Waals surface area (Å²) in [6.07, 6.45) is 1.79. The molecular weight excluding hydrogens is 284 g/mol. The monoisotopic (exact) mass is 304 g/mol. The number of hydrogen-bond acceptors (Lipinski definition) is 4. The Labute approximate surface area is 128 Å². The standard InChI is InChI=1S/C15H20N4OS/c1-10-8-13(12(3)19(10)15-17-5-7-21-15)14(20)18-6-4-16-9-11(18)2/h5,7-8,11,16H,4,6,9H2,1-3H3. The minimum absolute atomic E-state index is 0.125. The Bertz CT molecular complexity index is 647. The van der Waals surface area contributed by atoms with Crippen molar-refractivity contribution < 1.29 is 4.79 Å². The molecule has 1 saturated heterocycles. The zero-order valence-corrected chi connectivity index (χ0v) is 13.4. The number of carbonyl (C=O) groups is 1. The summed E-state index contributed by atoms with van der Waals surface area (Å²) in [5.74, 6) is 0.125. The molecule has 1 amide bonds. The highest BCUT2D eigenvalue weighted by Gasteiger charge is 2.27. The molecule has 3 rings (SSSR count). The van der Waals surface area contributed by atoms with Crippen LogP contribution in [0.1, 0.15) is 28.7 Å². The molecule has 112 valence electrons. The third-order valence-electron chi connectivity index (χ3n) is 4.03. The van der Waals surface area contributed by atoms with Gasteiger partial charge in [-0.1, -0.05) is 0 Å². The van der Waals surface area contributed by atoms with Crippen molar-refractivity contribution in [1.82, 2.24) is 19.8 Å². The molecule has 1 aliphatic heterocycles. The lowest BCUT2D eigenvalue weighted by atomic mass is 10.1. The van der Waals surface area contributed by atoms with Gasteiger partial charge in [0.05, 0.1) is 5.56 Å². The van der Waals surface area contributed by atoms with Gasteiger partial charge in [-0.25, -0.2) is 4.98 Å². The van der Waals surface area contributed by atoms with E-state index in [2.05, 4.69) is 21.8 Å². The Morgan fingerprint density at radius 1 is 1.48 bits per heavy atom. The minimum atomic E-state index is 0.125. The summed E-state index contributed by atoms with van der Waals surface area (Å²) in [5, 5.41) is 6.18. The van der Waals surface area contributed by atoms with E-state index in [-0.39, 0.29) is 11.9 Å². The molecule has 3 heterocycles. The number of nitrogens with zero attached hydrogens (tertiary/aromatic N) is 3. The fourth-order valence-electron chi connectivity index (χ4n) is 2.90. The van der Waals surface area contributed by atoms with Crippen LogP contribution in [0.3, 0.4) is 0 Å². The van der Waals surface area contributed by atoms with E-state index >= 15 is 0 Å². The predicted molar refractivity (Wildman–Crippen MR) is 84.3 cm³/mol. The summed E-state index contributed by atoms with van der Waals surface area (Å²) < 4.78 is 2.06. The molecule has 0 radical (unpaired) electrons. The Hall–Kier alpha value is -1.66. The predicted octanol–water partition coefficient (Wildman–Crippen LogP) is 1.98. The third-order valence-corrected chi connectivity index (χ3v) is 4.79. The molecule has 0 aromatic carbocycles. The summed E-state index contributed by atoms with van der Waals surface area (Å²) >= 11 is 1.58. The van der Waals surface area contributed by atoms with E-state index in [0.717, 1.165) is 41.7 Å². The molecule has 1 N–H and O–H groups in total. The average molecular weight is 304 g/mol. The van der Waals surface area contributed by atoms with Gasteiger partial charge < -0.3 is 10.2 Å². The van der Waals surface area contributed by atoms with Crippen LogP contribution in [0, 0.1) is 13.8 Å². The lowest BCUT2D eigenvalue weighted by Gasteiger charge is -2.34. The SMILES string of the molecule is Cc1cc(C(=O)N2CCNCC2C)c(C)n1-c1nccs1. The number of hydrogen-bond donors (Lipinski definition) is 1. The van der Waals surface area contributed by atoms with Gasteiger partial charge in [0, 0.05) is 48.6 Å². The van der Waals surface area contributed by atoms with Crippen LogP contribution in [0.15, 0.2) is 17.6 Å². The first-order valence-corrected chi connectivity index (χ1v) is 8.08. The summed E-state index contributed by atoms with van der Waals surface area (Å²) in [6.45, 7) is 8.59. The molecule has 1 aliphatic rings. The van der Waals surface area contributed by atoms with Crippen molar-refractivity contribution in [2.75, 3.05) is 19.6 Å². The van der Waals surface area contributed by atoms with Crippen LogP contribution in [0.4, 0.5) is 0 Å². The molecule has 0 bridgehead atoms. The van der Waals surface area contributed by atoms with E-state index in [0.29, 0.717) is 0 Å². The van der Waals surface area contributed by atoms with Crippen molar-refractivity contribution in [2.45, 2.75) is 26.8 Å². The molecule has 1 atom stereocenters. The van der Waals surface area contributed by atoms with Crippen molar-refractivity contribution in [2.24, 2.45) is 0 Å². The van der Waals surface area contributed by atoms with E-state index < -0.39 is 0 Å². The topological polar surface area (TPSA) is 50.2 Å². The molecule has 2 aromatic heterocycles. The van der Waals surface area contributed by atoms with Crippen molar-refractivity contribution >= 4 is 17.2 Å². The quantitative estimate of drug-likeness (QED) is 0.923. The van der Waals surface area contributed by atoms with E-state index in [9.17, 15) is 4.79 Å². The largest absolute Gasteiger partial charge is 0.333 e. The van der Waals surface area contributed by atoms with Crippen molar-refractivity contribution in [3.63, 3.8) is 0 Å². The van der Waals surface area contributed by atoms with Gasteiger partial charge in [0.2, 0.25) is 0 Å². The number of thiazole rings is 1. The van der Waals surface area contributed by atoms with Gasteiger partial charge in [0.25, 0.3) is 5.91 Å². The second-order valence-electron chi connectivity index (χ2n) is 5.49. The van der Waals surface area contributed by atoms with Gasteiger partial charge >= 0.3 is 0 Å². The van der Waals surface area contributed by atoms with E-state index in [1.807, 2.05) is 30.2 Å². The third kappa shape index (κ3) is 2.49. The first-order chi connectivity index (χ1) is 10.1. The second-order valence-corrected chi connectivity index (χ2v) is 6.36. The highest BCUT2D eigenvalue weighted by Crippen LogP contribution is 2.24. The maximum Gasteiger partial charge on any atom is 0.256 e. The molecule has 6 heteroatoms. The van der Waals surface area contributed by atoms with Crippen molar-refractivity contribution in [3.8, 4) is 5.13 Å². The van der Waals surface area contributed by atoms with Crippen LogP contribution in [-0.2, 0) is 0 Å². The number of rotatable bonds is 2. The maximum absolute atomic E-state index is 12.8. The number of nitrogens with one attached hydrogen (secondary N) is 1. The lowest BCUT2D eigenvalue weighted by Crippen LogP contribution is -2.52. The highest BCUT2D eigenvalue weighted by molar-refractivity contribution is 7.12. The molecular formula is C15H20N4OS. The van der Waals surface area contributed by atoms with Gasteiger partial charge in [-0.3, -0.25) is 9.36 Å². The molecule has 0 spiro atoms. The smallest absolute Gasteiger partial charge is 0.256 e. The molecule has 2 aromatic rings. The number of piperazine rings is 1. The fourth-order valence-corrected chi connectivity index (χ4v) is 3.65. The van der Waals surface area contributed by atoms with Crippen LogP contribution in [0.2, 0.25) is 0 Å². The first kappa shape index (κ1) is 14.3. The second kappa shape index (κ2) is 5.61.